The van der Waals surface area contributed by atoms with Crippen molar-refractivity contribution in [2.75, 3.05) is 36.9 Å². The van der Waals surface area contributed by atoms with Gasteiger partial charge in [-0.25, -0.2) is 0 Å². The second kappa shape index (κ2) is 6.85. The molecule has 0 aliphatic carbocycles. The zero-order valence-corrected chi connectivity index (χ0v) is 11.9. The van der Waals surface area contributed by atoms with Gasteiger partial charge in [-0.3, -0.25) is 0 Å². The second-order valence-electron chi connectivity index (χ2n) is 3.57. The summed E-state index contributed by atoms with van der Waals surface area (Å²) < 4.78 is 98.3. The molecule has 0 aromatic heterocycles. The van der Waals surface area contributed by atoms with Gasteiger partial charge >= 0.3 is 30.7 Å². The van der Waals surface area contributed by atoms with Crippen LogP contribution in [0.1, 0.15) is 0 Å². The molecule has 0 aliphatic heterocycles. The summed E-state index contributed by atoms with van der Waals surface area (Å²) in [5.74, 6) is -3.11. The molecule has 0 spiro atoms. The number of nitrogens with zero attached hydrogens (tertiary/aromatic N) is 1. The van der Waals surface area contributed by atoms with Crippen LogP contribution in [-0.2, 0) is 30.7 Å². The molecule has 13 heteroatoms. The summed E-state index contributed by atoms with van der Waals surface area (Å²) in [5, 5.41) is 0. The van der Waals surface area contributed by atoms with Crippen LogP contribution in [0.2, 0.25) is 0 Å². The first-order valence-corrected chi connectivity index (χ1v) is 9.44. The molecule has 0 atom stereocenters. The molecule has 7 nitrogen and oxygen atoms in total. The monoisotopic (exact) mass is 347 g/mol. The molecule has 19 heavy (non-hydrogen) atoms. The Balaban J connectivity index is 4.55. The van der Waals surface area contributed by atoms with Gasteiger partial charge in [0.15, 0.2) is 0 Å². The van der Waals surface area contributed by atoms with Crippen molar-refractivity contribution in [3.63, 3.8) is 0 Å². The van der Waals surface area contributed by atoms with Crippen molar-refractivity contribution in [3.8, 4) is 0 Å². The fraction of sp³-hybridized carbons (Fsp3) is 1.00. The molecule has 0 rings (SSSR count). The third kappa shape index (κ3) is 13.8. The van der Waals surface area contributed by atoms with Gasteiger partial charge in [-0.2, -0.15) is 25.3 Å². The van der Waals surface area contributed by atoms with Gasteiger partial charge in [0, 0.05) is 19.6 Å². The van der Waals surface area contributed by atoms with Gasteiger partial charge in [0.05, 0.1) is 17.3 Å². The van der Waals surface area contributed by atoms with E-state index in [0.29, 0.717) is 0 Å². The van der Waals surface area contributed by atoms with E-state index in [1.54, 1.807) is 0 Å². The van der Waals surface area contributed by atoms with Crippen molar-refractivity contribution in [3.05, 3.63) is 0 Å². The Hall–Kier alpha value is -0.400. The number of halogens is 3. The molecule has 0 bridgehead atoms. The summed E-state index contributed by atoms with van der Waals surface area (Å²) in [5.41, 5.74) is 0. The summed E-state index contributed by atoms with van der Waals surface area (Å²) >= 11 is 0. The third-order valence-corrected chi connectivity index (χ3v) is 3.96. The van der Waals surface area contributed by atoms with Crippen LogP contribution in [-0.4, -0.2) is 67.0 Å². The first-order chi connectivity index (χ1) is 8.29. The largest absolute Gasteiger partial charge is 0.303 e. The van der Waals surface area contributed by atoms with Gasteiger partial charge in [0.2, 0.25) is 0 Å². The minimum atomic E-state index is -4.85. The topological polar surface area (TPSA) is 106 Å². The van der Waals surface area contributed by atoms with E-state index < -0.39 is 67.6 Å². The molecule has 0 aromatic carbocycles. The molecular formula is C6H12F3NO6S3. The average molecular weight is 347 g/mol. The average Bonchev–Trinajstić information content (AvgIpc) is 2.11. The predicted octanol–water partition coefficient (Wildman–Crippen LogP) is -0.814. The Morgan fingerprint density at radius 2 is 0.789 bits per heavy atom. The highest BCUT2D eigenvalue weighted by Crippen LogP contribution is 2.00. The van der Waals surface area contributed by atoms with E-state index in [-0.39, 0.29) is 0 Å². The van der Waals surface area contributed by atoms with Crippen molar-refractivity contribution in [1.29, 1.82) is 0 Å². The van der Waals surface area contributed by atoms with E-state index in [2.05, 4.69) is 0 Å². The Kier molecular flexibility index (Phi) is 6.71. The van der Waals surface area contributed by atoms with Gasteiger partial charge in [0.1, 0.15) is 0 Å². The summed E-state index contributed by atoms with van der Waals surface area (Å²) in [7, 11) is -14.6. The lowest BCUT2D eigenvalue weighted by molar-refractivity contribution is 0.319. The highest BCUT2D eigenvalue weighted by Gasteiger charge is 2.18. The fourth-order valence-corrected chi connectivity index (χ4v) is 2.48. The minimum absolute atomic E-state index is 0.579. The summed E-state index contributed by atoms with van der Waals surface area (Å²) in [6, 6.07) is 0. The quantitative estimate of drug-likeness (QED) is 0.502. The lowest BCUT2D eigenvalue weighted by Crippen LogP contribution is -2.35. The van der Waals surface area contributed by atoms with E-state index in [1.165, 1.54) is 0 Å². The highest BCUT2D eigenvalue weighted by molar-refractivity contribution is 7.86. The maximum Gasteiger partial charge on any atom is 0.303 e. The normalized spacial score (nSPS) is 13.9. The summed E-state index contributed by atoms with van der Waals surface area (Å²) in [4.78, 5) is 0.825. The molecule has 0 amide bonds. The Bertz CT molecular complexity index is 498. The summed E-state index contributed by atoms with van der Waals surface area (Å²) in [6.07, 6.45) is 0. The molecule has 0 heterocycles. The smallest absolute Gasteiger partial charge is 0.300 e. The van der Waals surface area contributed by atoms with E-state index >= 15 is 0 Å². The minimum Gasteiger partial charge on any atom is -0.300 e. The van der Waals surface area contributed by atoms with Crippen LogP contribution >= 0.6 is 0 Å². The second-order valence-corrected chi connectivity index (χ2v) is 8.03. The van der Waals surface area contributed by atoms with Crippen molar-refractivity contribution >= 4 is 30.7 Å². The molecule has 0 fully saturated rings. The van der Waals surface area contributed by atoms with Crippen molar-refractivity contribution in [2.45, 2.75) is 0 Å². The highest BCUT2D eigenvalue weighted by atomic mass is 32.3. The third-order valence-electron chi connectivity index (χ3n) is 1.95. The number of rotatable bonds is 9. The lowest BCUT2D eigenvalue weighted by atomic mass is 10.5. The van der Waals surface area contributed by atoms with E-state index in [4.69, 9.17) is 0 Å². The van der Waals surface area contributed by atoms with Gasteiger partial charge in [-0.05, 0) is 0 Å². The Morgan fingerprint density at radius 1 is 0.579 bits per heavy atom. The van der Waals surface area contributed by atoms with E-state index in [0.717, 1.165) is 4.90 Å². The van der Waals surface area contributed by atoms with Gasteiger partial charge in [-0.15, -0.1) is 11.7 Å². The molecule has 0 saturated carbocycles. The van der Waals surface area contributed by atoms with Crippen LogP contribution in [0, 0.1) is 0 Å². The van der Waals surface area contributed by atoms with Crippen LogP contribution in [0.5, 0.6) is 0 Å². The lowest BCUT2D eigenvalue weighted by Gasteiger charge is -2.19. The zero-order chi connectivity index (χ0) is 15.3. The van der Waals surface area contributed by atoms with Gasteiger partial charge < -0.3 is 4.90 Å². The maximum absolute atomic E-state index is 12.3. The molecule has 0 unspecified atom stereocenters. The number of hydrogen-bond acceptors (Lipinski definition) is 7. The molecule has 0 radical (unpaired) electrons. The Labute approximate surface area is 110 Å². The standard InChI is InChI=1S/C6H12F3NO6S3/c7-17(11,12)4-1-10(2-5-18(8,13)14)3-6-19(9,15)16/h1-6H2. The van der Waals surface area contributed by atoms with E-state index in [1.807, 2.05) is 0 Å². The van der Waals surface area contributed by atoms with Crippen LogP contribution in [0.3, 0.4) is 0 Å². The van der Waals surface area contributed by atoms with Crippen LogP contribution in [0.25, 0.3) is 0 Å². The predicted molar refractivity (Wildman–Crippen MR) is 61.1 cm³/mol. The zero-order valence-electron chi connectivity index (χ0n) is 9.50. The Morgan fingerprint density at radius 3 is 0.947 bits per heavy atom. The maximum atomic E-state index is 12.3. The number of hydrogen-bond donors (Lipinski definition) is 0. The molecule has 0 aliphatic rings. The molecule has 116 valence electrons. The van der Waals surface area contributed by atoms with Gasteiger partial charge in [-0.1, -0.05) is 0 Å². The fourth-order valence-electron chi connectivity index (χ4n) is 1.05. The van der Waals surface area contributed by atoms with Crippen molar-refractivity contribution in [1.82, 2.24) is 4.90 Å². The molecule has 0 aromatic rings. The van der Waals surface area contributed by atoms with Crippen molar-refractivity contribution < 1.29 is 36.9 Å². The van der Waals surface area contributed by atoms with Crippen LogP contribution in [0.15, 0.2) is 0 Å². The van der Waals surface area contributed by atoms with Crippen LogP contribution in [0.4, 0.5) is 11.7 Å². The van der Waals surface area contributed by atoms with E-state index in [9.17, 15) is 36.9 Å². The first kappa shape index (κ1) is 18.6. The molecule has 0 N–H and O–H groups in total. The molecular weight excluding hydrogens is 335 g/mol. The summed E-state index contributed by atoms with van der Waals surface area (Å²) in [6.45, 7) is -1.74. The first-order valence-electron chi connectivity index (χ1n) is 4.78. The van der Waals surface area contributed by atoms with Gasteiger partial charge in [0.25, 0.3) is 0 Å². The van der Waals surface area contributed by atoms with Crippen LogP contribution < -0.4 is 0 Å². The molecule has 0 saturated heterocycles. The van der Waals surface area contributed by atoms with Crippen molar-refractivity contribution in [2.24, 2.45) is 0 Å². The SMILES string of the molecule is O=S(=O)(F)CCN(CCS(=O)(=O)F)CCS(=O)(=O)F.